The molecule has 1 aromatic carbocycles. The van der Waals surface area contributed by atoms with Crippen LogP contribution >= 0.6 is 0 Å². The summed E-state index contributed by atoms with van der Waals surface area (Å²) in [7, 11) is 0.773. The third-order valence-electron chi connectivity index (χ3n) is 2.90. The van der Waals surface area contributed by atoms with Gasteiger partial charge in [0.15, 0.2) is 0 Å². The van der Waals surface area contributed by atoms with Crippen molar-refractivity contribution in [2.24, 2.45) is 5.73 Å². The Morgan fingerprint density at radius 1 is 1.47 bits per heavy atom. The summed E-state index contributed by atoms with van der Waals surface area (Å²) in [5.41, 5.74) is 7.63. The average molecular weight is 255 g/mol. The Balaban J connectivity index is 2.91. The average Bonchev–Trinajstić information content (AvgIpc) is 2.37. The van der Waals surface area contributed by atoms with Crippen molar-refractivity contribution in [3.8, 4) is 5.75 Å². The molecule has 17 heavy (non-hydrogen) atoms. The van der Waals surface area contributed by atoms with Gasteiger partial charge in [0.2, 0.25) is 0 Å². The van der Waals surface area contributed by atoms with Gasteiger partial charge in [0.25, 0.3) is 0 Å². The summed E-state index contributed by atoms with van der Waals surface area (Å²) < 4.78 is 17.3. The van der Waals surface area contributed by atoms with Crippen LogP contribution < -0.4 is 10.5 Å². The van der Waals surface area contributed by atoms with Crippen molar-refractivity contribution in [2.75, 3.05) is 7.11 Å². The van der Waals surface area contributed by atoms with Gasteiger partial charge < -0.3 is 10.5 Å². The fourth-order valence-electron chi connectivity index (χ4n) is 1.55. The lowest BCUT2D eigenvalue weighted by Crippen LogP contribution is -2.12. The molecule has 0 spiro atoms. The fraction of sp³-hybridized carbons (Fsp3) is 0.538. The van der Waals surface area contributed by atoms with Crippen molar-refractivity contribution in [1.82, 2.24) is 0 Å². The van der Waals surface area contributed by atoms with Crippen LogP contribution in [-0.2, 0) is 23.1 Å². The molecule has 0 amide bonds. The Hall–Kier alpha value is -0.870. The third-order valence-corrected chi connectivity index (χ3v) is 4.73. The minimum atomic E-state index is -0.859. The molecule has 4 heteroatoms. The van der Waals surface area contributed by atoms with E-state index in [-0.39, 0.29) is 5.25 Å². The molecule has 0 bridgehead atoms. The molecule has 1 aromatic rings. The maximum atomic E-state index is 12.0. The molecule has 0 saturated carbocycles. The molecule has 2 atom stereocenters. The zero-order valence-electron chi connectivity index (χ0n) is 10.7. The largest absolute Gasteiger partial charge is 0.496 e. The van der Waals surface area contributed by atoms with E-state index in [9.17, 15) is 4.21 Å². The summed E-state index contributed by atoms with van der Waals surface area (Å²) in [6.07, 6.45) is 0.922. The maximum absolute atomic E-state index is 12.0. The van der Waals surface area contributed by atoms with E-state index in [0.29, 0.717) is 12.3 Å². The predicted molar refractivity (Wildman–Crippen MR) is 72.5 cm³/mol. The van der Waals surface area contributed by atoms with Crippen molar-refractivity contribution in [3.63, 3.8) is 0 Å². The van der Waals surface area contributed by atoms with Gasteiger partial charge in [0, 0.05) is 28.2 Å². The first-order chi connectivity index (χ1) is 8.12. The Kier molecular flexibility index (Phi) is 5.65. The highest BCUT2D eigenvalue weighted by Gasteiger charge is 2.13. The van der Waals surface area contributed by atoms with Crippen molar-refractivity contribution >= 4 is 10.8 Å². The van der Waals surface area contributed by atoms with Gasteiger partial charge >= 0.3 is 0 Å². The molecule has 0 fully saturated rings. The third kappa shape index (κ3) is 3.82. The van der Waals surface area contributed by atoms with Gasteiger partial charge in [-0.3, -0.25) is 4.21 Å². The monoisotopic (exact) mass is 255 g/mol. The zero-order chi connectivity index (χ0) is 12.8. The summed E-state index contributed by atoms with van der Waals surface area (Å²) in [5.74, 6) is 1.32. The van der Waals surface area contributed by atoms with E-state index < -0.39 is 10.8 Å². The zero-order valence-corrected chi connectivity index (χ0v) is 11.5. The minimum absolute atomic E-state index is 0.209. The van der Waals surface area contributed by atoms with Crippen LogP contribution in [0.15, 0.2) is 18.2 Å². The molecular formula is C13H21NO2S. The number of ether oxygens (including phenoxy) is 1. The number of hydrogen-bond acceptors (Lipinski definition) is 3. The molecule has 0 radical (unpaired) electrons. The molecule has 0 aliphatic heterocycles. The van der Waals surface area contributed by atoms with Gasteiger partial charge in [0.1, 0.15) is 5.75 Å². The number of benzene rings is 1. The number of nitrogens with two attached hydrogens (primary N) is 1. The van der Waals surface area contributed by atoms with E-state index in [4.69, 9.17) is 10.5 Å². The Morgan fingerprint density at radius 2 is 2.18 bits per heavy atom. The van der Waals surface area contributed by atoms with Gasteiger partial charge in [-0.1, -0.05) is 19.9 Å². The second-order valence-electron chi connectivity index (χ2n) is 4.09. The smallest absolute Gasteiger partial charge is 0.123 e. The molecule has 96 valence electrons. The van der Waals surface area contributed by atoms with Gasteiger partial charge in [0.05, 0.1) is 12.9 Å². The highest BCUT2D eigenvalue weighted by Crippen LogP contribution is 2.22. The Labute approximate surface area is 106 Å². The summed E-state index contributed by atoms with van der Waals surface area (Å²) in [6, 6.07) is 5.82. The molecule has 2 N–H and O–H groups in total. The lowest BCUT2D eigenvalue weighted by Gasteiger charge is -2.12. The van der Waals surface area contributed by atoms with E-state index >= 15 is 0 Å². The summed E-state index contributed by atoms with van der Waals surface area (Å²) >= 11 is 0. The van der Waals surface area contributed by atoms with Crippen LogP contribution in [0, 0.1) is 0 Å². The fourth-order valence-corrected chi connectivity index (χ4v) is 2.74. The van der Waals surface area contributed by atoms with Crippen LogP contribution in [0.2, 0.25) is 0 Å². The molecule has 3 nitrogen and oxygen atoms in total. The molecule has 0 aromatic heterocycles. The molecule has 0 saturated heterocycles. The van der Waals surface area contributed by atoms with Crippen LogP contribution in [0.5, 0.6) is 5.75 Å². The van der Waals surface area contributed by atoms with Crippen molar-refractivity contribution in [3.05, 3.63) is 29.3 Å². The first kappa shape index (κ1) is 14.2. The Bertz CT molecular complexity index is 393. The standard InChI is InChI=1S/C13H21NO2S/c1-4-10(2)17(15)9-12-7-11(8-14)5-6-13(12)16-3/h5-7,10H,4,8-9,14H2,1-3H3. The molecule has 1 rings (SSSR count). The van der Waals surface area contributed by atoms with Crippen LogP contribution in [0.3, 0.4) is 0 Å². The highest BCUT2D eigenvalue weighted by atomic mass is 32.2. The quantitative estimate of drug-likeness (QED) is 0.848. The second-order valence-corrected chi connectivity index (χ2v) is 5.95. The molecule has 0 aliphatic carbocycles. The van der Waals surface area contributed by atoms with E-state index in [1.54, 1.807) is 7.11 Å². The summed E-state index contributed by atoms with van der Waals surface area (Å²) in [5, 5.41) is 0.209. The van der Waals surface area contributed by atoms with Crippen molar-refractivity contribution in [1.29, 1.82) is 0 Å². The van der Waals surface area contributed by atoms with E-state index in [0.717, 1.165) is 23.3 Å². The van der Waals surface area contributed by atoms with E-state index in [2.05, 4.69) is 6.92 Å². The van der Waals surface area contributed by atoms with E-state index in [1.807, 2.05) is 25.1 Å². The normalized spacial score (nSPS) is 14.4. The van der Waals surface area contributed by atoms with Crippen molar-refractivity contribution < 1.29 is 8.95 Å². The summed E-state index contributed by atoms with van der Waals surface area (Å²) in [6.45, 7) is 4.55. The first-order valence-corrected chi connectivity index (χ1v) is 7.23. The number of hydrogen-bond donors (Lipinski definition) is 1. The van der Waals surface area contributed by atoms with Crippen molar-refractivity contribution in [2.45, 2.75) is 37.8 Å². The first-order valence-electron chi connectivity index (χ1n) is 5.85. The number of methoxy groups -OCH3 is 1. The molecule has 0 heterocycles. The van der Waals surface area contributed by atoms with Gasteiger partial charge in [-0.05, 0) is 24.1 Å². The SMILES string of the molecule is CCC(C)S(=O)Cc1cc(CN)ccc1OC. The lowest BCUT2D eigenvalue weighted by atomic mass is 10.1. The Morgan fingerprint density at radius 3 is 2.71 bits per heavy atom. The van der Waals surface area contributed by atoms with E-state index in [1.165, 1.54) is 0 Å². The maximum Gasteiger partial charge on any atom is 0.123 e. The summed E-state index contributed by atoms with van der Waals surface area (Å²) in [4.78, 5) is 0. The minimum Gasteiger partial charge on any atom is -0.496 e. The van der Waals surface area contributed by atoms with Crippen LogP contribution in [0.25, 0.3) is 0 Å². The van der Waals surface area contributed by atoms with Gasteiger partial charge in [-0.15, -0.1) is 0 Å². The van der Waals surface area contributed by atoms with Gasteiger partial charge in [-0.25, -0.2) is 0 Å². The number of rotatable bonds is 6. The van der Waals surface area contributed by atoms with Crippen LogP contribution in [-0.4, -0.2) is 16.6 Å². The van der Waals surface area contributed by atoms with Crippen LogP contribution in [0.4, 0.5) is 0 Å². The molecule has 2 unspecified atom stereocenters. The lowest BCUT2D eigenvalue weighted by molar-refractivity contribution is 0.411. The molecular weight excluding hydrogens is 234 g/mol. The highest BCUT2D eigenvalue weighted by molar-refractivity contribution is 7.84. The second kappa shape index (κ2) is 6.77. The van der Waals surface area contributed by atoms with Gasteiger partial charge in [-0.2, -0.15) is 0 Å². The topological polar surface area (TPSA) is 52.3 Å². The van der Waals surface area contributed by atoms with Crippen LogP contribution in [0.1, 0.15) is 31.4 Å². The predicted octanol–water partition coefficient (Wildman–Crippen LogP) is 2.20. The molecule has 0 aliphatic rings.